The molecule has 0 radical (unpaired) electrons. The maximum atomic E-state index is 11.0. The smallest absolute Gasteiger partial charge is 0.333 e. The second kappa shape index (κ2) is 6.47. The van der Waals surface area contributed by atoms with Crippen molar-refractivity contribution in [3.63, 3.8) is 0 Å². The topological polar surface area (TPSA) is 77.3 Å². The molecule has 1 saturated heterocycles. The first-order chi connectivity index (χ1) is 9.18. The lowest BCUT2D eigenvalue weighted by Gasteiger charge is -2.22. The third kappa shape index (κ3) is 3.64. The van der Waals surface area contributed by atoms with E-state index in [-0.39, 0.29) is 11.6 Å². The summed E-state index contributed by atoms with van der Waals surface area (Å²) in [6.07, 6.45) is 4.83. The van der Waals surface area contributed by atoms with Crippen LogP contribution in [0.25, 0.3) is 0 Å². The lowest BCUT2D eigenvalue weighted by molar-refractivity contribution is -0.386. The molecule has 0 aliphatic carbocycles. The second-order valence-electron chi connectivity index (χ2n) is 4.89. The zero-order chi connectivity index (χ0) is 13.7. The molecule has 6 heteroatoms. The van der Waals surface area contributed by atoms with E-state index in [0.717, 1.165) is 19.5 Å². The van der Waals surface area contributed by atoms with Crippen LogP contribution < -0.4 is 10.1 Å². The summed E-state index contributed by atoms with van der Waals surface area (Å²) in [5, 5.41) is 14.3. The molecule has 1 fully saturated rings. The van der Waals surface area contributed by atoms with E-state index in [1.807, 2.05) is 0 Å². The lowest BCUT2D eigenvalue weighted by atomic mass is 9.97. The molecule has 104 valence electrons. The second-order valence-corrected chi connectivity index (χ2v) is 4.89. The van der Waals surface area contributed by atoms with Crippen LogP contribution in [-0.4, -0.2) is 29.6 Å². The van der Waals surface area contributed by atoms with E-state index in [4.69, 9.17) is 4.74 Å². The number of piperidine rings is 1. The van der Waals surface area contributed by atoms with E-state index in [1.54, 1.807) is 19.2 Å². The number of nitro groups is 1. The number of nitrogens with zero attached hydrogens (tertiary/aromatic N) is 2. The van der Waals surface area contributed by atoms with Gasteiger partial charge in [-0.15, -0.1) is 0 Å². The van der Waals surface area contributed by atoms with Crippen molar-refractivity contribution in [2.75, 3.05) is 19.7 Å². The maximum Gasteiger partial charge on any atom is 0.333 e. The van der Waals surface area contributed by atoms with Gasteiger partial charge in [0.15, 0.2) is 0 Å². The van der Waals surface area contributed by atoms with E-state index < -0.39 is 4.92 Å². The summed E-state index contributed by atoms with van der Waals surface area (Å²) < 4.78 is 5.50. The number of hydrogen-bond acceptors (Lipinski definition) is 5. The zero-order valence-corrected chi connectivity index (χ0v) is 11.1. The van der Waals surface area contributed by atoms with Gasteiger partial charge in [0.2, 0.25) is 0 Å². The predicted molar refractivity (Wildman–Crippen MR) is 71.3 cm³/mol. The van der Waals surface area contributed by atoms with Crippen LogP contribution in [0.3, 0.4) is 0 Å². The third-order valence-corrected chi connectivity index (χ3v) is 3.44. The SMILES string of the molecule is Cc1ccnc(OCCC2CCCNC2)c1[N+](=O)[O-]. The van der Waals surface area contributed by atoms with Crippen molar-refractivity contribution in [2.24, 2.45) is 5.92 Å². The van der Waals surface area contributed by atoms with E-state index in [9.17, 15) is 10.1 Å². The van der Waals surface area contributed by atoms with Gasteiger partial charge >= 0.3 is 5.69 Å². The highest BCUT2D eigenvalue weighted by Gasteiger charge is 2.20. The van der Waals surface area contributed by atoms with Gasteiger partial charge in [-0.25, -0.2) is 4.98 Å². The summed E-state index contributed by atoms with van der Waals surface area (Å²) in [6.45, 7) is 4.26. The Balaban J connectivity index is 1.92. The Morgan fingerprint density at radius 3 is 3.16 bits per heavy atom. The minimum Gasteiger partial charge on any atom is -0.473 e. The van der Waals surface area contributed by atoms with Crippen molar-refractivity contribution in [3.8, 4) is 5.88 Å². The summed E-state index contributed by atoms with van der Waals surface area (Å²) in [7, 11) is 0. The Bertz CT molecular complexity index is 445. The van der Waals surface area contributed by atoms with Crippen molar-refractivity contribution in [1.82, 2.24) is 10.3 Å². The van der Waals surface area contributed by atoms with Crippen LogP contribution >= 0.6 is 0 Å². The molecule has 0 spiro atoms. The fraction of sp³-hybridized carbons (Fsp3) is 0.615. The first-order valence-electron chi connectivity index (χ1n) is 6.62. The van der Waals surface area contributed by atoms with Crippen LogP contribution in [0.5, 0.6) is 5.88 Å². The van der Waals surface area contributed by atoms with Gasteiger partial charge in [0.1, 0.15) is 0 Å². The highest BCUT2D eigenvalue weighted by Crippen LogP contribution is 2.28. The molecule has 0 aromatic carbocycles. The Morgan fingerprint density at radius 1 is 1.63 bits per heavy atom. The molecule has 0 saturated carbocycles. The number of rotatable bonds is 5. The van der Waals surface area contributed by atoms with Gasteiger partial charge in [-0.1, -0.05) is 0 Å². The van der Waals surface area contributed by atoms with Gasteiger partial charge < -0.3 is 10.1 Å². The molecule has 1 aromatic heterocycles. The Hall–Kier alpha value is -1.69. The standard InChI is InChI=1S/C13H19N3O3/c1-10-4-7-15-13(12(10)16(17)18)19-8-5-11-3-2-6-14-9-11/h4,7,11,14H,2-3,5-6,8-9H2,1H3. The van der Waals surface area contributed by atoms with Crippen LogP contribution in [-0.2, 0) is 0 Å². The van der Waals surface area contributed by atoms with Crippen molar-refractivity contribution in [1.29, 1.82) is 0 Å². The summed E-state index contributed by atoms with van der Waals surface area (Å²) in [5.41, 5.74) is 0.554. The van der Waals surface area contributed by atoms with Gasteiger partial charge in [0.05, 0.1) is 11.5 Å². The van der Waals surface area contributed by atoms with E-state index in [2.05, 4.69) is 10.3 Å². The average molecular weight is 265 g/mol. The maximum absolute atomic E-state index is 11.0. The van der Waals surface area contributed by atoms with E-state index in [1.165, 1.54) is 12.8 Å². The van der Waals surface area contributed by atoms with E-state index in [0.29, 0.717) is 18.1 Å². The summed E-state index contributed by atoms with van der Waals surface area (Å²) in [5.74, 6) is 0.728. The number of nitrogens with one attached hydrogen (secondary N) is 1. The van der Waals surface area contributed by atoms with Crippen molar-refractivity contribution >= 4 is 5.69 Å². The number of hydrogen-bond donors (Lipinski definition) is 1. The normalized spacial score (nSPS) is 19.1. The molecule has 1 aliphatic rings. The summed E-state index contributed by atoms with van der Waals surface area (Å²) in [4.78, 5) is 14.5. The quantitative estimate of drug-likeness (QED) is 0.651. The van der Waals surface area contributed by atoms with Crippen LogP contribution in [0, 0.1) is 23.0 Å². The Morgan fingerprint density at radius 2 is 2.47 bits per heavy atom. The Kier molecular flexibility index (Phi) is 4.68. The van der Waals surface area contributed by atoms with Crippen LogP contribution in [0.1, 0.15) is 24.8 Å². The number of ether oxygens (including phenoxy) is 1. The largest absolute Gasteiger partial charge is 0.473 e. The highest BCUT2D eigenvalue weighted by molar-refractivity contribution is 5.47. The van der Waals surface area contributed by atoms with Gasteiger partial charge in [0, 0.05) is 11.8 Å². The monoisotopic (exact) mass is 265 g/mol. The van der Waals surface area contributed by atoms with Gasteiger partial charge in [0.25, 0.3) is 5.88 Å². The summed E-state index contributed by atoms with van der Waals surface area (Å²) in [6, 6.07) is 1.62. The van der Waals surface area contributed by atoms with Gasteiger partial charge in [-0.3, -0.25) is 10.1 Å². The minimum atomic E-state index is -0.431. The summed E-state index contributed by atoms with van der Waals surface area (Å²) >= 11 is 0. The lowest BCUT2D eigenvalue weighted by Crippen LogP contribution is -2.30. The van der Waals surface area contributed by atoms with Crippen LogP contribution in [0.4, 0.5) is 5.69 Å². The van der Waals surface area contributed by atoms with E-state index >= 15 is 0 Å². The Labute approximate surface area is 112 Å². The molecular weight excluding hydrogens is 246 g/mol. The molecule has 0 amide bonds. The average Bonchev–Trinajstić information content (AvgIpc) is 2.39. The molecular formula is C13H19N3O3. The first kappa shape index (κ1) is 13.7. The molecule has 1 atom stereocenters. The van der Waals surface area contributed by atoms with Crippen LogP contribution in [0.15, 0.2) is 12.3 Å². The molecule has 6 nitrogen and oxygen atoms in total. The molecule has 2 heterocycles. The van der Waals surface area contributed by atoms with Gasteiger partial charge in [-0.2, -0.15) is 0 Å². The van der Waals surface area contributed by atoms with Gasteiger partial charge in [-0.05, 0) is 51.3 Å². The van der Waals surface area contributed by atoms with Crippen LogP contribution in [0.2, 0.25) is 0 Å². The third-order valence-electron chi connectivity index (χ3n) is 3.44. The van der Waals surface area contributed by atoms with Crippen molar-refractivity contribution in [2.45, 2.75) is 26.2 Å². The number of aryl methyl sites for hydroxylation is 1. The van der Waals surface area contributed by atoms with Crippen molar-refractivity contribution < 1.29 is 9.66 Å². The molecule has 19 heavy (non-hydrogen) atoms. The molecule has 1 unspecified atom stereocenters. The highest BCUT2D eigenvalue weighted by atomic mass is 16.6. The molecule has 1 N–H and O–H groups in total. The minimum absolute atomic E-state index is 0.0238. The first-order valence-corrected chi connectivity index (χ1v) is 6.62. The molecule has 2 rings (SSSR count). The molecule has 1 aromatic rings. The zero-order valence-electron chi connectivity index (χ0n) is 11.1. The van der Waals surface area contributed by atoms with Crippen molar-refractivity contribution in [3.05, 3.63) is 27.9 Å². The molecule has 1 aliphatic heterocycles. The fourth-order valence-electron chi connectivity index (χ4n) is 2.35. The fourth-order valence-corrected chi connectivity index (χ4v) is 2.35. The predicted octanol–water partition coefficient (Wildman–Crippen LogP) is 2.07. The molecule has 0 bridgehead atoms. The number of aromatic nitrogens is 1. The number of pyridine rings is 1.